The summed E-state index contributed by atoms with van der Waals surface area (Å²) in [6.07, 6.45) is 0. The van der Waals surface area contributed by atoms with Gasteiger partial charge in [-0.2, -0.15) is 10.5 Å². The first kappa shape index (κ1) is 10.3. The first-order chi connectivity index (χ1) is 6.67. The SMILES string of the molecule is CC(C)C(C#N)(C#N)c1ccccc1. The molecule has 0 aliphatic heterocycles. The van der Waals surface area contributed by atoms with Crippen molar-refractivity contribution in [2.75, 3.05) is 0 Å². The first-order valence-corrected chi connectivity index (χ1v) is 4.55. The third-order valence-corrected chi connectivity index (χ3v) is 2.45. The smallest absolute Gasteiger partial charge is 0.170 e. The van der Waals surface area contributed by atoms with Crippen molar-refractivity contribution in [3.05, 3.63) is 35.9 Å². The standard InChI is InChI=1S/C12H12N2/c1-10(2)12(8-13,9-14)11-6-4-3-5-7-11/h3-7,10H,1-2H3. The summed E-state index contributed by atoms with van der Waals surface area (Å²) >= 11 is 0. The fourth-order valence-electron chi connectivity index (χ4n) is 1.45. The predicted octanol–water partition coefficient (Wildman–Crippen LogP) is 2.63. The molecule has 0 saturated carbocycles. The topological polar surface area (TPSA) is 47.6 Å². The van der Waals surface area contributed by atoms with Crippen LogP contribution in [0.4, 0.5) is 0 Å². The summed E-state index contributed by atoms with van der Waals surface area (Å²) in [7, 11) is 0. The number of rotatable bonds is 2. The van der Waals surface area contributed by atoms with Crippen LogP contribution < -0.4 is 0 Å². The largest absolute Gasteiger partial charge is 0.196 e. The van der Waals surface area contributed by atoms with Gasteiger partial charge in [-0.3, -0.25) is 0 Å². The monoisotopic (exact) mass is 184 g/mol. The van der Waals surface area contributed by atoms with Gasteiger partial charge in [0.05, 0.1) is 12.1 Å². The van der Waals surface area contributed by atoms with E-state index in [2.05, 4.69) is 12.1 Å². The normalized spacial score (nSPS) is 10.6. The van der Waals surface area contributed by atoms with E-state index in [-0.39, 0.29) is 5.92 Å². The van der Waals surface area contributed by atoms with Crippen LogP contribution in [0, 0.1) is 28.6 Å². The van der Waals surface area contributed by atoms with Gasteiger partial charge in [0.25, 0.3) is 0 Å². The molecule has 0 aliphatic carbocycles. The molecule has 0 amide bonds. The summed E-state index contributed by atoms with van der Waals surface area (Å²) in [6.45, 7) is 3.78. The average Bonchev–Trinajstić information content (AvgIpc) is 2.22. The van der Waals surface area contributed by atoms with Gasteiger partial charge in [-0.15, -0.1) is 0 Å². The van der Waals surface area contributed by atoms with Crippen LogP contribution in [0.3, 0.4) is 0 Å². The second-order valence-electron chi connectivity index (χ2n) is 3.55. The van der Waals surface area contributed by atoms with Gasteiger partial charge in [-0.05, 0) is 11.5 Å². The van der Waals surface area contributed by atoms with Crippen molar-refractivity contribution < 1.29 is 0 Å². The quantitative estimate of drug-likeness (QED) is 0.709. The Kier molecular flexibility index (Phi) is 2.89. The van der Waals surface area contributed by atoms with Crippen molar-refractivity contribution >= 4 is 0 Å². The van der Waals surface area contributed by atoms with Crippen molar-refractivity contribution in [1.29, 1.82) is 10.5 Å². The van der Waals surface area contributed by atoms with E-state index in [1.807, 2.05) is 44.2 Å². The number of nitrogens with zero attached hydrogens (tertiary/aromatic N) is 2. The highest BCUT2D eigenvalue weighted by Gasteiger charge is 2.35. The van der Waals surface area contributed by atoms with Crippen LogP contribution in [0.2, 0.25) is 0 Å². The van der Waals surface area contributed by atoms with E-state index in [1.165, 1.54) is 0 Å². The minimum atomic E-state index is -1.01. The zero-order chi connectivity index (χ0) is 10.6. The van der Waals surface area contributed by atoms with Crippen LogP contribution in [0.15, 0.2) is 30.3 Å². The highest BCUT2D eigenvalue weighted by Crippen LogP contribution is 2.30. The summed E-state index contributed by atoms with van der Waals surface area (Å²) in [5.74, 6) is -0.0140. The highest BCUT2D eigenvalue weighted by molar-refractivity contribution is 5.40. The Hall–Kier alpha value is -1.80. The molecule has 1 rings (SSSR count). The lowest BCUT2D eigenvalue weighted by Gasteiger charge is -2.22. The summed E-state index contributed by atoms with van der Waals surface area (Å²) in [6, 6.07) is 13.5. The Bertz CT molecular complexity index is 365. The predicted molar refractivity (Wildman–Crippen MR) is 54.2 cm³/mol. The number of hydrogen-bond acceptors (Lipinski definition) is 2. The summed E-state index contributed by atoms with van der Waals surface area (Å²) in [5.41, 5.74) is -0.235. The highest BCUT2D eigenvalue weighted by atomic mass is 14.4. The third kappa shape index (κ3) is 1.47. The molecule has 0 aliphatic rings. The molecule has 0 heterocycles. The zero-order valence-electron chi connectivity index (χ0n) is 8.36. The molecule has 0 spiro atoms. The molecule has 0 atom stereocenters. The molecule has 0 bridgehead atoms. The molecule has 0 saturated heterocycles. The van der Waals surface area contributed by atoms with E-state index in [0.717, 1.165) is 5.56 Å². The molecule has 70 valence electrons. The maximum absolute atomic E-state index is 9.13. The second-order valence-corrected chi connectivity index (χ2v) is 3.55. The lowest BCUT2D eigenvalue weighted by molar-refractivity contribution is 0.489. The van der Waals surface area contributed by atoms with Crippen molar-refractivity contribution in [2.45, 2.75) is 19.3 Å². The maximum Gasteiger partial charge on any atom is 0.170 e. The molecule has 14 heavy (non-hydrogen) atoms. The van der Waals surface area contributed by atoms with Gasteiger partial charge in [0.2, 0.25) is 0 Å². The molecule has 0 unspecified atom stereocenters. The third-order valence-electron chi connectivity index (χ3n) is 2.45. The first-order valence-electron chi connectivity index (χ1n) is 4.55. The van der Waals surface area contributed by atoms with Crippen molar-refractivity contribution in [3.63, 3.8) is 0 Å². The van der Waals surface area contributed by atoms with E-state index in [0.29, 0.717) is 0 Å². The second kappa shape index (κ2) is 3.94. The van der Waals surface area contributed by atoms with E-state index in [9.17, 15) is 0 Å². The number of benzene rings is 1. The van der Waals surface area contributed by atoms with Crippen LogP contribution in [-0.2, 0) is 5.41 Å². The summed E-state index contributed by atoms with van der Waals surface area (Å²) in [4.78, 5) is 0. The minimum Gasteiger partial charge on any atom is -0.196 e. The van der Waals surface area contributed by atoms with Crippen LogP contribution in [0.1, 0.15) is 19.4 Å². The summed E-state index contributed by atoms with van der Waals surface area (Å²) < 4.78 is 0. The van der Waals surface area contributed by atoms with Crippen LogP contribution in [0.5, 0.6) is 0 Å². The maximum atomic E-state index is 9.13. The lowest BCUT2D eigenvalue weighted by Crippen LogP contribution is -2.28. The van der Waals surface area contributed by atoms with Crippen molar-refractivity contribution in [1.82, 2.24) is 0 Å². The molecule has 2 heteroatoms. The Morgan fingerprint density at radius 2 is 1.57 bits per heavy atom. The lowest BCUT2D eigenvalue weighted by atomic mass is 9.74. The number of nitriles is 2. The number of hydrogen-bond donors (Lipinski definition) is 0. The van der Waals surface area contributed by atoms with Crippen LogP contribution in [-0.4, -0.2) is 0 Å². The molecule has 0 aromatic heterocycles. The molecule has 1 aromatic rings. The van der Waals surface area contributed by atoms with Gasteiger partial charge in [0.1, 0.15) is 0 Å². The van der Waals surface area contributed by atoms with E-state index in [1.54, 1.807) is 0 Å². The molecular weight excluding hydrogens is 172 g/mol. The average molecular weight is 184 g/mol. The Balaban J connectivity index is 3.29. The fraction of sp³-hybridized carbons (Fsp3) is 0.333. The summed E-state index contributed by atoms with van der Waals surface area (Å²) in [5, 5.41) is 18.3. The molecule has 0 radical (unpaired) electrons. The Morgan fingerprint density at radius 3 is 1.93 bits per heavy atom. The van der Waals surface area contributed by atoms with Gasteiger partial charge < -0.3 is 0 Å². The molecule has 2 nitrogen and oxygen atoms in total. The van der Waals surface area contributed by atoms with Gasteiger partial charge in [0.15, 0.2) is 5.41 Å². The minimum absolute atomic E-state index is 0.0140. The van der Waals surface area contributed by atoms with E-state index < -0.39 is 5.41 Å². The van der Waals surface area contributed by atoms with Crippen molar-refractivity contribution in [3.8, 4) is 12.1 Å². The van der Waals surface area contributed by atoms with Crippen LogP contribution in [0.25, 0.3) is 0 Å². The van der Waals surface area contributed by atoms with E-state index in [4.69, 9.17) is 10.5 Å². The van der Waals surface area contributed by atoms with E-state index >= 15 is 0 Å². The Morgan fingerprint density at radius 1 is 1.07 bits per heavy atom. The zero-order valence-corrected chi connectivity index (χ0v) is 8.36. The van der Waals surface area contributed by atoms with Gasteiger partial charge in [-0.1, -0.05) is 44.2 Å². The molecule has 0 N–H and O–H groups in total. The van der Waals surface area contributed by atoms with Gasteiger partial charge in [-0.25, -0.2) is 0 Å². The molecular formula is C12H12N2. The Labute approximate surface area is 84.4 Å². The van der Waals surface area contributed by atoms with Gasteiger partial charge in [0, 0.05) is 0 Å². The molecule has 1 aromatic carbocycles. The van der Waals surface area contributed by atoms with Crippen LogP contribution >= 0.6 is 0 Å². The fourth-order valence-corrected chi connectivity index (χ4v) is 1.45. The van der Waals surface area contributed by atoms with Crippen molar-refractivity contribution in [2.24, 2.45) is 5.92 Å². The molecule has 0 fully saturated rings. The van der Waals surface area contributed by atoms with Gasteiger partial charge >= 0.3 is 0 Å².